The van der Waals surface area contributed by atoms with Gasteiger partial charge in [-0.25, -0.2) is 0 Å². The van der Waals surface area contributed by atoms with Crippen molar-refractivity contribution < 1.29 is 9.53 Å². The van der Waals surface area contributed by atoms with E-state index in [9.17, 15) is 4.79 Å². The summed E-state index contributed by atoms with van der Waals surface area (Å²) >= 11 is 0. The first-order valence-electron chi connectivity index (χ1n) is 8.40. The van der Waals surface area contributed by atoms with E-state index in [0.717, 1.165) is 30.7 Å². The number of hydrogen-bond acceptors (Lipinski definition) is 3. The van der Waals surface area contributed by atoms with Crippen LogP contribution in [0.4, 0.5) is 5.69 Å². The lowest BCUT2D eigenvalue weighted by molar-refractivity contribution is -0.119. The van der Waals surface area contributed by atoms with Crippen molar-refractivity contribution >= 4 is 11.6 Å². The van der Waals surface area contributed by atoms with Crippen molar-refractivity contribution in [2.45, 2.75) is 26.3 Å². The predicted molar refractivity (Wildman–Crippen MR) is 96.6 cm³/mol. The second-order valence-electron chi connectivity index (χ2n) is 6.25. The number of methoxy groups -OCH3 is 1. The number of carbonyl (C=O) groups excluding carboxylic acids is 1. The van der Waals surface area contributed by atoms with E-state index in [2.05, 4.69) is 35.3 Å². The summed E-state index contributed by atoms with van der Waals surface area (Å²) in [5, 5.41) is 3.00. The van der Waals surface area contributed by atoms with Crippen LogP contribution in [0, 0.1) is 6.92 Å². The van der Waals surface area contributed by atoms with E-state index in [1.54, 1.807) is 7.11 Å². The Bertz CT molecular complexity index is 727. The molecule has 0 bridgehead atoms. The van der Waals surface area contributed by atoms with Crippen molar-refractivity contribution in [3.05, 3.63) is 59.2 Å². The molecule has 126 valence electrons. The second-order valence-corrected chi connectivity index (χ2v) is 6.25. The number of benzene rings is 2. The van der Waals surface area contributed by atoms with Gasteiger partial charge >= 0.3 is 0 Å². The molecule has 0 unspecified atom stereocenters. The van der Waals surface area contributed by atoms with Crippen LogP contribution in [0.15, 0.2) is 42.5 Å². The van der Waals surface area contributed by atoms with E-state index in [0.29, 0.717) is 13.1 Å². The van der Waals surface area contributed by atoms with E-state index in [1.807, 2.05) is 24.3 Å². The number of nitrogens with one attached hydrogen (secondary N) is 1. The predicted octanol–water partition coefficient (Wildman–Crippen LogP) is 3.07. The van der Waals surface area contributed by atoms with Gasteiger partial charge in [-0.05, 0) is 37.5 Å². The van der Waals surface area contributed by atoms with Gasteiger partial charge in [-0.1, -0.05) is 35.9 Å². The highest BCUT2D eigenvalue weighted by Crippen LogP contribution is 2.27. The van der Waals surface area contributed by atoms with E-state index in [1.165, 1.54) is 16.8 Å². The van der Waals surface area contributed by atoms with Gasteiger partial charge < -0.3 is 15.0 Å². The monoisotopic (exact) mass is 324 g/mol. The molecule has 0 radical (unpaired) electrons. The number of ether oxygens (including phenoxy) is 1. The maximum atomic E-state index is 12.4. The number of rotatable bonds is 5. The maximum Gasteiger partial charge on any atom is 0.239 e. The molecule has 0 aliphatic carbocycles. The first-order chi connectivity index (χ1) is 11.7. The molecule has 4 nitrogen and oxygen atoms in total. The number of nitrogens with zero attached hydrogens (tertiary/aromatic N) is 1. The lowest BCUT2D eigenvalue weighted by Gasteiger charge is -2.31. The highest BCUT2D eigenvalue weighted by molar-refractivity contribution is 5.82. The molecular weight excluding hydrogens is 300 g/mol. The standard InChI is InChI=1S/C20H24N2O2/c1-15-9-10-18-16(12-15)7-5-11-22(18)14-20(23)21-13-17-6-3-4-8-19(17)24-2/h3-4,6,8-10,12H,5,7,11,13-14H2,1-2H3,(H,21,23). The van der Waals surface area contributed by atoms with Crippen LogP contribution in [0.1, 0.15) is 23.1 Å². The summed E-state index contributed by atoms with van der Waals surface area (Å²) in [5.74, 6) is 0.839. The molecule has 0 atom stereocenters. The fourth-order valence-electron chi connectivity index (χ4n) is 3.24. The van der Waals surface area contributed by atoms with Crippen molar-refractivity contribution in [2.75, 3.05) is 25.1 Å². The summed E-state index contributed by atoms with van der Waals surface area (Å²) in [5.41, 5.74) is 4.80. The zero-order valence-electron chi connectivity index (χ0n) is 14.3. The zero-order chi connectivity index (χ0) is 16.9. The topological polar surface area (TPSA) is 41.6 Å². The summed E-state index contributed by atoms with van der Waals surface area (Å²) < 4.78 is 5.32. The Balaban J connectivity index is 1.62. The minimum Gasteiger partial charge on any atom is -0.496 e. The number of aryl methyl sites for hydroxylation is 2. The highest BCUT2D eigenvalue weighted by atomic mass is 16.5. The summed E-state index contributed by atoms with van der Waals surface area (Å²) in [6.45, 7) is 3.92. The van der Waals surface area contributed by atoms with Crippen LogP contribution in [0.25, 0.3) is 0 Å². The van der Waals surface area contributed by atoms with Gasteiger partial charge in [0, 0.05) is 24.3 Å². The molecular formula is C20H24N2O2. The average Bonchev–Trinajstić information content (AvgIpc) is 2.60. The molecule has 0 fully saturated rings. The number of carbonyl (C=O) groups is 1. The molecule has 3 rings (SSSR count). The van der Waals surface area contributed by atoms with Gasteiger partial charge in [-0.15, -0.1) is 0 Å². The molecule has 0 saturated heterocycles. The normalized spacial score (nSPS) is 13.3. The van der Waals surface area contributed by atoms with E-state index >= 15 is 0 Å². The van der Waals surface area contributed by atoms with E-state index in [4.69, 9.17) is 4.74 Å². The lowest BCUT2D eigenvalue weighted by atomic mass is 9.99. The van der Waals surface area contributed by atoms with Gasteiger partial charge in [0.15, 0.2) is 0 Å². The Kier molecular flexibility index (Phi) is 5.04. The van der Waals surface area contributed by atoms with Crippen molar-refractivity contribution in [1.29, 1.82) is 0 Å². The Morgan fingerprint density at radius 2 is 2.08 bits per heavy atom. The van der Waals surface area contributed by atoms with Crippen molar-refractivity contribution in [3.63, 3.8) is 0 Å². The number of amides is 1. The van der Waals surface area contributed by atoms with E-state index < -0.39 is 0 Å². The van der Waals surface area contributed by atoms with Crippen LogP contribution in [-0.4, -0.2) is 26.1 Å². The average molecular weight is 324 g/mol. The highest BCUT2D eigenvalue weighted by Gasteiger charge is 2.19. The lowest BCUT2D eigenvalue weighted by Crippen LogP contribution is -2.39. The first-order valence-corrected chi connectivity index (χ1v) is 8.40. The fraction of sp³-hybridized carbons (Fsp3) is 0.350. The summed E-state index contributed by atoms with van der Waals surface area (Å²) in [4.78, 5) is 14.5. The van der Waals surface area contributed by atoms with Gasteiger partial charge in [-0.2, -0.15) is 0 Å². The van der Waals surface area contributed by atoms with Crippen LogP contribution in [0.5, 0.6) is 5.75 Å². The number of para-hydroxylation sites is 1. The molecule has 1 aliphatic rings. The Morgan fingerprint density at radius 1 is 1.25 bits per heavy atom. The Hall–Kier alpha value is -2.49. The smallest absolute Gasteiger partial charge is 0.239 e. The summed E-state index contributed by atoms with van der Waals surface area (Å²) in [6.07, 6.45) is 2.19. The van der Waals surface area contributed by atoms with Gasteiger partial charge in [0.05, 0.1) is 13.7 Å². The molecule has 2 aromatic rings. The maximum absolute atomic E-state index is 12.4. The largest absolute Gasteiger partial charge is 0.496 e. The third kappa shape index (κ3) is 3.70. The van der Waals surface area contributed by atoms with Crippen LogP contribution >= 0.6 is 0 Å². The summed E-state index contributed by atoms with van der Waals surface area (Å²) in [6, 6.07) is 14.2. The molecule has 4 heteroatoms. The number of anilines is 1. The molecule has 2 aromatic carbocycles. The number of hydrogen-bond donors (Lipinski definition) is 1. The second kappa shape index (κ2) is 7.39. The quantitative estimate of drug-likeness (QED) is 0.919. The van der Waals surface area contributed by atoms with Gasteiger partial charge in [-0.3, -0.25) is 4.79 Å². The van der Waals surface area contributed by atoms with Crippen molar-refractivity contribution in [1.82, 2.24) is 5.32 Å². The van der Waals surface area contributed by atoms with Crippen LogP contribution in [0.2, 0.25) is 0 Å². The number of fused-ring (bicyclic) bond motifs is 1. The molecule has 1 heterocycles. The van der Waals surface area contributed by atoms with Gasteiger partial charge in [0.25, 0.3) is 0 Å². The first kappa shape index (κ1) is 16.4. The minimum absolute atomic E-state index is 0.0364. The molecule has 24 heavy (non-hydrogen) atoms. The molecule has 1 amide bonds. The minimum atomic E-state index is 0.0364. The van der Waals surface area contributed by atoms with Crippen LogP contribution in [-0.2, 0) is 17.8 Å². The molecule has 0 spiro atoms. The molecule has 0 saturated carbocycles. The third-order valence-corrected chi connectivity index (χ3v) is 4.45. The molecule has 0 aromatic heterocycles. The fourth-order valence-corrected chi connectivity index (χ4v) is 3.24. The van der Waals surface area contributed by atoms with Crippen molar-refractivity contribution in [2.24, 2.45) is 0 Å². The molecule has 1 aliphatic heterocycles. The van der Waals surface area contributed by atoms with Crippen LogP contribution in [0.3, 0.4) is 0 Å². The molecule has 1 N–H and O–H groups in total. The van der Waals surface area contributed by atoms with Gasteiger partial charge in [0.2, 0.25) is 5.91 Å². The van der Waals surface area contributed by atoms with Gasteiger partial charge in [0.1, 0.15) is 5.75 Å². The SMILES string of the molecule is COc1ccccc1CNC(=O)CN1CCCc2cc(C)ccc21. The summed E-state index contributed by atoms with van der Waals surface area (Å²) in [7, 11) is 1.65. The third-order valence-electron chi connectivity index (χ3n) is 4.45. The van der Waals surface area contributed by atoms with Crippen LogP contribution < -0.4 is 15.0 Å². The van der Waals surface area contributed by atoms with Crippen molar-refractivity contribution in [3.8, 4) is 5.75 Å². The van der Waals surface area contributed by atoms with E-state index in [-0.39, 0.29) is 5.91 Å². The Labute approximate surface area is 143 Å². The zero-order valence-corrected chi connectivity index (χ0v) is 14.3. The Morgan fingerprint density at radius 3 is 2.92 bits per heavy atom.